The molecule has 0 spiro atoms. The molecule has 1 N–H and O–H groups in total. The van der Waals surface area contributed by atoms with Crippen molar-refractivity contribution in [3.63, 3.8) is 0 Å². The molecule has 11 heteroatoms. The lowest BCUT2D eigenvalue weighted by molar-refractivity contribution is 0.00627. The van der Waals surface area contributed by atoms with Crippen LogP contribution in [0.2, 0.25) is 10.4 Å². The number of ether oxygens (including phenoxy) is 2. The third-order valence-electron chi connectivity index (χ3n) is 6.89. The summed E-state index contributed by atoms with van der Waals surface area (Å²) in [6.07, 6.45) is 7.39. The molecule has 1 aliphatic rings. The van der Waals surface area contributed by atoms with Crippen molar-refractivity contribution < 1.29 is 28.6 Å². The van der Waals surface area contributed by atoms with Crippen LogP contribution >= 0.6 is 23.2 Å². The van der Waals surface area contributed by atoms with Crippen LogP contribution in [0, 0.1) is 31.0 Å². The molecule has 0 radical (unpaired) electrons. The van der Waals surface area contributed by atoms with Gasteiger partial charge in [-0.3, -0.25) is 4.57 Å². The molecular weight excluding hydrogens is 560 g/mol. The Bertz CT molecular complexity index is 1680. The number of hydrogen-bond acceptors (Lipinski definition) is 6. The van der Waals surface area contributed by atoms with Crippen molar-refractivity contribution >= 4 is 46.2 Å². The number of hydrogen-bond donors (Lipinski definition) is 1. The molecule has 0 amide bonds. The molecule has 204 valence electrons. The number of benzene rings is 2. The summed E-state index contributed by atoms with van der Waals surface area (Å²) in [6.45, 7) is 2.40. The molecule has 0 saturated carbocycles. The van der Waals surface area contributed by atoms with Crippen molar-refractivity contribution in [2.24, 2.45) is 5.92 Å². The number of rotatable bonds is 7. The van der Waals surface area contributed by atoms with Crippen LogP contribution in [0.1, 0.15) is 43.8 Å². The Morgan fingerprint density at radius 3 is 2.70 bits per heavy atom. The van der Waals surface area contributed by atoms with Gasteiger partial charge in [0.15, 0.2) is 11.5 Å². The molecule has 2 aromatic carbocycles. The third-order valence-corrected chi connectivity index (χ3v) is 7.33. The van der Waals surface area contributed by atoms with Crippen molar-refractivity contribution in [2.45, 2.75) is 25.9 Å². The number of aromatic nitrogens is 3. The first kappa shape index (κ1) is 27.6. The van der Waals surface area contributed by atoms with Crippen LogP contribution in [0.15, 0.2) is 42.6 Å². The Morgan fingerprint density at radius 1 is 1.25 bits per heavy atom. The molecular formula is C29H22Cl2FN3O5. The van der Waals surface area contributed by atoms with Gasteiger partial charge in [-0.25, -0.2) is 19.0 Å². The van der Waals surface area contributed by atoms with Crippen LogP contribution in [0.25, 0.3) is 16.7 Å². The molecule has 2 aromatic heterocycles. The standard InChI is InChI=1S/C29H22Cl2FN3O5/c1-3-16-10-19(11-18-8-9-39-23(18)14-40-28(38)17-6-4-15(2)5-7-17)22(12-20(16)27(36)37)35-13-21(32)24-25(30)33-29(31)34-26(24)35/h1,4-7,10,12-13,18,23H,8-9,11,14H2,2H3,(H,36,37). The van der Waals surface area contributed by atoms with Gasteiger partial charge >= 0.3 is 11.9 Å². The third kappa shape index (κ3) is 5.39. The summed E-state index contributed by atoms with van der Waals surface area (Å²) in [5, 5.41) is 9.38. The number of carboxylic acids is 1. The van der Waals surface area contributed by atoms with Gasteiger partial charge in [-0.05, 0) is 67.1 Å². The van der Waals surface area contributed by atoms with Gasteiger partial charge in [-0.15, -0.1) is 6.42 Å². The lowest BCUT2D eigenvalue weighted by Gasteiger charge is -2.21. The fraction of sp³-hybridized carbons (Fsp3) is 0.241. The Morgan fingerprint density at radius 2 is 2.00 bits per heavy atom. The lowest BCUT2D eigenvalue weighted by atomic mass is 9.90. The first-order chi connectivity index (χ1) is 19.2. The number of esters is 1. The molecule has 40 heavy (non-hydrogen) atoms. The number of fused-ring (bicyclic) bond motifs is 1. The van der Waals surface area contributed by atoms with Gasteiger partial charge in [0.1, 0.15) is 11.8 Å². The largest absolute Gasteiger partial charge is 0.478 e. The van der Waals surface area contributed by atoms with Crippen LogP contribution in [-0.4, -0.2) is 50.9 Å². The van der Waals surface area contributed by atoms with Gasteiger partial charge < -0.3 is 14.6 Å². The highest BCUT2D eigenvalue weighted by molar-refractivity contribution is 6.35. The summed E-state index contributed by atoms with van der Waals surface area (Å²) < 4.78 is 27.8. The molecule has 3 heterocycles. The highest BCUT2D eigenvalue weighted by Gasteiger charge is 2.31. The zero-order valence-electron chi connectivity index (χ0n) is 21.2. The fourth-order valence-electron chi connectivity index (χ4n) is 4.84. The Hall–Kier alpha value is -3.97. The topological polar surface area (TPSA) is 104 Å². The van der Waals surface area contributed by atoms with E-state index in [1.54, 1.807) is 18.2 Å². The second-order valence-corrected chi connectivity index (χ2v) is 10.1. The van der Waals surface area contributed by atoms with E-state index in [2.05, 4.69) is 15.9 Å². The molecule has 0 aliphatic carbocycles. The van der Waals surface area contributed by atoms with Crippen molar-refractivity contribution in [3.05, 3.63) is 86.7 Å². The number of aryl methyl sites for hydroxylation is 1. The Kier molecular flexibility index (Phi) is 7.76. The van der Waals surface area contributed by atoms with E-state index < -0.39 is 23.9 Å². The summed E-state index contributed by atoms with van der Waals surface area (Å²) in [4.78, 5) is 32.5. The summed E-state index contributed by atoms with van der Waals surface area (Å²) in [7, 11) is 0. The van der Waals surface area contributed by atoms with Gasteiger partial charge in [0.25, 0.3) is 0 Å². The number of carbonyl (C=O) groups excluding carboxylic acids is 1. The van der Waals surface area contributed by atoms with E-state index in [0.717, 1.165) is 11.8 Å². The Labute approximate surface area is 238 Å². The maximum atomic E-state index is 15.0. The van der Waals surface area contributed by atoms with E-state index in [-0.39, 0.29) is 45.1 Å². The number of carboxylic acid groups (broad SMARTS) is 1. The van der Waals surface area contributed by atoms with Crippen molar-refractivity contribution in [1.29, 1.82) is 0 Å². The summed E-state index contributed by atoms with van der Waals surface area (Å²) in [6, 6.07) is 10.0. The van der Waals surface area contributed by atoms with Crippen LogP contribution in [-0.2, 0) is 15.9 Å². The van der Waals surface area contributed by atoms with E-state index in [1.165, 1.54) is 10.6 Å². The quantitative estimate of drug-likeness (QED) is 0.130. The summed E-state index contributed by atoms with van der Waals surface area (Å²) >= 11 is 12.1. The van der Waals surface area contributed by atoms with Crippen molar-refractivity contribution in [2.75, 3.05) is 13.2 Å². The molecule has 5 rings (SSSR count). The summed E-state index contributed by atoms with van der Waals surface area (Å²) in [5.41, 5.74) is 2.50. The van der Waals surface area contributed by atoms with E-state index in [0.29, 0.717) is 36.3 Å². The Balaban J connectivity index is 1.50. The normalized spacial score (nSPS) is 16.7. The molecule has 1 fully saturated rings. The summed E-state index contributed by atoms with van der Waals surface area (Å²) in [5.74, 6) is -0.0948. The molecule has 1 saturated heterocycles. The zero-order valence-corrected chi connectivity index (χ0v) is 22.7. The van der Waals surface area contributed by atoms with Gasteiger partial charge in [0.05, 0.1) is 28.3 Å². The highest BCUT2D eigenvalue weighted by atomic mass is 35.5. The van der Waals surface area contributed by atoms with Gasteiger partial charge in [-0.1, -0.05) is 35.2 Å². The molecule has 0 bridgehead atoms. The fourth-order valence-corrected chi connectivity index (χ4v) is 5.30. The van der Waals surface area contributed by atoms with E-state index in [9.17, 15) is 19.1 Å². The molecule has 8 nitrogen and oxygen atoms in total. The number of aromatic carboxylic acids is 1. The van der Waals surface area contributed by atoms with E-state index in [4.69, 9.17) is 39.1 Å². The average Bonchev–Trinajstić information content (AvgIpc) is 3.50. The average molecular weight is 582 g/mol. The minimum atomic E-state index is -1.24. The van der Waals surface area contributed by atoms with Crippen LogP contribution in [0.5, 0.6) is 0 Å². The number of halogens is 3. The van der Waals surface area contributed by atoms with Crippen LogP contribution in [0.4, 0.5) is 4.39 Å². The van der Waals surface area contributed by atoms with E-state index >= 15 is 0 Å². The SMILES string of the molecule is C#Cc1cc(CC2CCOC2COC(=O)c2ccc(C)cc2)c(-n2cc(F)c3c(Cl)nc(Cl)nc32)cc1C(=O)O. The first-order valence-corrected chi connectivity index (χ1v) is 13.0. The molecule has 4 aromatic rings. The maximum Gasteiger partial charge on any atom is 0.338 e. The van der Waals surface area contributed by atoms with E-state index in [1.807, 2.05) is 19.1 Å². The van der Waals surface area contributed by atoms with Crippen LogP contribution < -0.4 is 0 Å². The lowest BCUT2D eigenvalue weighted by Crippen LogP contribution is -2.26. The second kappa shape index (κ2) is 11.3. The van der Waals surface area contributed by atoms with Crippen LogP contribution in [0.3, 0.4) is 0 Å². The predicted molar refractivity (Wildman–Crippen MR) is 147 cm³/mol. The number of terminal acetylenes is 1. The van der Waals surface area contributed by atoms with Gasteiger partial charge in [0, 0.05) is 18.4 Å². The van der Waals surface area contributed by atoms with Gasteiger partial charge in [-0.2, -0.15) is 4.98 Å². The predicted octanol–water partition coefficient (Wildman–Crippen LogP) is 5.66. The highest BCUT2D eigenvalue weighted by Crippen LogP contribution is 2.34. The molecule has 2 unspecified atom stereocenters. The molecule has 1 aliphatic heterocycles. The zero-order chi connectivity index (χ0) is 28.6. The van der Waals surface area contributed by atoms with Gasteiger partial charge in [0.2, 0.25) is 5.28 Å². The number of carbonyl (C=O) groups is 2. The van der Waals surface area contributed by atoms with Crippen molar-refractivity contribution in [1.82, 2.24) is 14.5 Å². The smallest absolute Gasteiger partial charge is 0.338 e. The monoisotopic (exact) mass is 581 g/mol. The maximum absolute atomic E-state index is 15.0. The molecule has 2 atom stereocenters. The second-order valence-electron chi connectivity index (χ2n) is 9.43. The van der Waals surface area contributed by atoms with Crippen molar-refractivity contribution in [3.8, 4) is 18.0 Å². The minimum absolute atomic E-state index is 0.0292. The minimum Gasteiger partial charge on any atom is -0.478 e. The first-order valence-electron chi connectivity index (χ1n) is 12.3. The number of nitrogens with zero attached hydrogens (tertiary/aromatic N) is 3.